The van der Waals surface area contributed by atoms with Crippen LogP contribution in [0, 0.1) is 0 Å². The lowest BCUT2D eigenvalue weighted by Gasteiger charge is -2.27. The number of aliphatic hydroxyl groups is 1. The van der Waals surface area contributed by atoms with Crippen LogP contribution in [0.3, 0.4) is 0 Å². The third kappa shape index (κ3) is 6.89. The van der Waals surface area contributed by atoms with Crippen molar-refractivity contribution in [2.45, 2.75) is 32.9 Å². The molecule has 0 aromatic heterocycles. The van der Waals surface area contributed by atoms with Gasteiger partial charge in [0.25, 0.3) is 0 Å². The smallest absolute Gasteiger partial charge is 0.234 e. The number of amides is 1. The molecule has 1 aromatic rings. The van der Waals surface area contributed by atoms with Gasteiger partial charge in [-0.3, -0.25) is 9.69 Å². The van der Waals surface area contributed by atoms with E-state index in [2.05, 4.69) is 5.32 Å². The van der Waals surface area contributed by atoms with Gasteiger partial charge in [0.05, 0.1) is 12.1 Å². The normalized spacial score (nSPS) is 11.7. The van der Waals surface area contributed by atoms with E-state index in [-0.39, 0.29) is 12.5 Å². The van der Waals surface area contributed by atoms with Gasteiger partial charge in [-0.25, -0.2) is 0 Å². The van der Waals surface area contributed by atoms with Gasteiger partial charge < -0.3 is 10.4 Å². The average molecular weight is 299 g/mol. The molecule has 0 bridgehead atoms. The molecule has 0 fully saturated rings. The van der Waals surface area contributed by atoms with Gasteiger partial charge in [-0.05, 0) is 38.1 Å². The van der Waals surface area contributed by atoms with E-state index in [9.17, 15) is 9.90 Å². The molecule has 5 heteroatoms. The Kier molecular flexibility index (Phi) is 6.46. The number of nitrogens with one attached hydrogen (secondary N) is 1. The predicted octanol–water partition coefficient (Wildman–Crippen LogP) is 2.05. The van der Waals surface area contributed by atoms with Gasteiger partial charge in [0.1, 0.15) is 0 Å². The lowest BCUT2D eigenvalue weighted by atomic mass is 10.1. The van der Waals surface area contributed by atoms with Crippen LogP contribution in [0.4, 0.5) is 0 Å². The molecule has 112 valence electrons. The number of rotatable bonds is 7. The van der Waals surface area contributed by atoms with Crippen LogP contribution < -0.4 is 5.32 Å². The second-order valence-corrected chi connectivity index (χ2v) is 5.96. The van der Waals surface area contributed by atoms with Crippen LogP contribution in [0.25, 0.3) is 0 Å². The summed E-state index contributed by atoms with van der Waals surface area (Å²) < 4.78 is 0. The zero-order valence-electron chi connectivity index (χ0n) is 12.3. The Balaban J connectivity index is 2.42. The first-order valence-corrected chi connectivity index (χ1v) is 7.14. The summed E-state index contributed by atoms with van der Waals surface area (Å²) in [6.07, 6.45) is 0. The molecular formula is C15H23ClN2O2. The van der Waals surface area contributed by atoms with Crippen molar-refractivity contribution in [3.63, 3.8) is 0 Å². The van der Waals surface area contributed by atoms with Crippen LogP contribution in [0.2, 0.25) is 5.02 Å². The minimum Gasteiger partial charge on any atom is -0.389 e. The standard InChI is InChI=1S/C15H23ClN2O2/c1-4-18(11-15(2,3)20)10-14(19)17-9-12-6-5-7-13(16)8-12/h5-8,20H,4,9-11H2,1-3H3,(H,17,19). The van der Waals surface area contributed by atoms with Crippen molar-refractivity contribution in [3.05, 3.63) is 34.9 Å². The van der Waals surface area contributed by atoms with Gasteiger partial charge in [0.15, 0.2) is 0 Å². The Morgan fingerprint density at radius 2 is 2.15 bits per heavy atom. The topological polar surface area (TPSA) is 52.6 Å². The molecule has 1 amide bonds. The third-order valence-corrected chi connectivity index (χ3v) is 3.04. The molecule has 0 aliphatic heterocycles. The molecule has 1 rings (SSSR count). The van der Waals surface area contributed by atoms with E-state index in [1.807, 2.05) is 30.0 Å². The van der Waals surface area contributed by atoms with E-state index in [4.69, 9.17) is 11.6 Å². The Bertz CT molecular complexity index is 444. The summed E-state index contributed by atoms with van der Waals surface area (Å²) in [5.74, 6) is -0.0592. The number of benzene rings is 1. The fourth-order valence-electron chi connectivity index (χ4n) is 1.93. The maximum Gasteiger partial charge on any atom is 0.234 e. The Hall–Kier alpha value is -1.10. The van der Waals surface area contributed by atoms with Crippen LogP contribution in [0.1, 0.15) is 26.3 Å². The highest BCUT2D eigenvalue weighted by molar-refractivity contribution is 6.30. The van der Waals surface area contributed by atoms with Gasteiger partial charge in [-0.2, -0.15) is 0 Å². The van der Waals surface area contributed by atoms with E-state index in [0.717, 1.165) is 5.56 Å². The predicted molar refractivity (Wildman–Crippen MR) is 81.7 cm³/mol. The quantitative estimate of drug-likeness (QED) is 0.810. The van der Waals surface area contributed by atoms with Gasteiger partial charge in [-0.1, -0.05) is 30.7 Å². The number of hydrogen-bond donors (Lipinski definition) is 2. The zero-order chi connectivity index (χ0) is 15.2. The third-order valence-electron chi connectivity index (χ3n) is 2.80. The summed E-state index contributed by atoms with van der Waals surface area (Å²) in [4.78, 5) is 13.8. The fraction of sp³-hybridized carbons (Fsp3) is 0.533. The molecule has 0 aliphatic carbocycles. The summed E-state index contributed by atoms with van der Waals surface area (Å²) in [5, 5.41) is 13.3. The van der Waals surface area contributed by atoms with Crippen molar-refractivity contribution in [2.75, 3.05) is 19.6 Å². The summed E-state index contributed by atoms with van der Waals surface area (Å²) in [7, 11) is 0. The first-order chi connectivity index (χ1) is 9.30. The van der Waals surface area contributed by atoms with Crippen LogP contribution in [-0.2, 0) is 11.3 Å². The minimum absolute atomic E-state index is 0.0592. The lowest BCUT2D eigenvalue weighted by molar-refractivity contribution is -0.123. The highest BCUT2D eigenvalue weighted by Gasteiger charge is 2.18. The molecule has 4 nitrogen and oxygen atoms in total. The SMILES string of the molecule is CCN(CC(=O)NCc1cccc(Cl)c1)CC(C)(C)O. The molecule has 0 radical (unpaired) electrons. The van der Waals surface area contributed by atoms with Crippen molar-refractivity contribution in [2.24, 2.45) is 0 Å². The summed E-state index contributed by atoms with van der Waals surface area (Å²) in [5.41, 5.74) is 0.167. The van der Waals surface area contributed by atoms with Crippen molar-refractivity contribution >= 4 is 17.5 Å². The Labute approximate surface area is 125 Å². The van der Waals surface area contributed by atoms with Gasteiger partial charge in [-0.15, -0.1) is 0 Å². The molecule has 0 saturated heterocycles. The van der Waals surface area contributed by atoms with Gasteiger partial charge >= 0.3 is 0 Å². The van der Waals surface area contributed by atoms with E-state index in [0.29, 0.717) is 24.7 Å². The molecule has 0 atom stereocenters. The summed E-state index contributed by atoms with van der Waals surface area (Å²) in [6.45, 7) is 7.36. The monoisotopic (exact) mass is 298 g/mol. The number of hydrogen-bond acceptors (Lipinski definition) is 3. The number of nitrogens with zero attached hydrogens (tertiary/aromatic N) is 1. The molecule has 0 saturated carbocycles. The molecule has 0 unspecified atom stereocenters. The van der Waals surface area contributed by atoms with E-state index in [1.165, 1.54) is 0 Å². The molecule has 20 heavy (non-hydrogen) atoms. The number of halogens is 1. The lowest BCUT2D eigenvalue weighted by Crippen LogP contribution is -2.43. The van der Waals surface area contributed by atoms with E-state index in [1.54, 1.807) is 19.9 Å². The van der Waals surface area contributed by atoms with E-state index >= 15 is 0 Å². The second-order valence-electron chi connectivity index (χ2n) is 5.52. The van der Waals surface area contributed by atoms with Crippen molar-refractivity contribution in [3.8, 4) is 0 Å². The van der Waals surface area contributed by atoms with Gasteiger partial charge in [0, 0.05) is 18.1 Å². The number of carbonyl (C=O) groups excluding carboxylic acids is 1. The highest BCUT2D eigenvalue weighted by atomic mass is 35.5. The highest BCUT2D eigenvalue weighted by Crippen LogP contribution is 2.10. The van der Waals surface area contributed by atoms with Gasteiger partial charge in [0.2, 0.25) is 5.91 Å². The molecule has 0 spiro atoms. The van der Waals surface area contributed by atoms with Crippen molar-refractivity contribution in [1.82, 2.24) is 10.2 Å². The first kappa shape index (κ1) is 17.0. The summed E-state index contributed by atoms with van der Waals surface area (Å²) >= 11 is 5.89. The molecule has 0 aliphatic rings. The van der Waals surface area contributed by atoms with Crippen molar-refractivity contribution < 1.29 is 9.90 Å². The average Bonchev–Trinajstić information content (AvgIpc) is 2.34. The second kappa shape index (κ2) is 7.62. The maximum absolute atomic E-state index is 11.9. The fourth-order valence-corrected chi connectivity index (χ4v) is 2.15. The number of likely N-dealkylation sites (N-methyl/N-ethyl adjacent to an activating group) is 1. The molecular weight excluding hydrogens is 276 g/mol. The Morgan fingerprint density at radius 1 is 1.45 bits per heavy atom. The van der Waals surface area contributed by atoms with Crippen LogP contribution in [0.15, 0.2) is 24.3 Å². The minimum atomic E-state index is -0.802. The maximum atomic E-state index is 11.9. The number of carbonyl (C=O) groups is 1. The molecule has 1 aromatic carbocycles. The molecule has 2 N–H and O–H groups in total. The van der Waals surface area contributed by atoms with Crippen LogP contribution >= 0.6 is 11.6 Å². The molecule has 0 heterocycles. The Morgan fingerprint density at radius 3 is 2.70 bits per heavy atom. The van der Waals surface area contributed by atoms with E-state index < -0.39 is 5.60 Å². The first-order valence-electron chi connectivity index (χ1n) is 6.76. The summed E-state index contributed by atoms with van der Waals surface area (Å²) in [6, 6.07) is 7.41. The van der Waals surface area contributed by atoms with Crippen LogP contribution in [-0.4, -0.2) is 41.1 Å². The van der Waals surface area contributed by atoms with Crippen LogP contribution in [0.5, 0.6) is 0 Å². The van der Waals surface area contributed by atoms with Crippen molar-refractivity contribution in [1.29, 1.82) is 0 Å². The largest absolute Gasteiger partial charge is 0.389 e. The zero-order valence-corrected chi connectivity index (χ0v) is 13.1.